The Balaban J connectivity index is 2.37. The van der Waals surface area contributed by atoms with Crippen molar-refractivity contribution in [3.05, 3.63) is 35.0 Å². The van der Waals surface area contributed by atoms with Crippen molar-refractivity contribution in [1.29, 1.82) is 0 Å². The van der Waals surface area contributed by atoms with Gasteiger partial charge in [-0.15, -0.1) is 0 Å². The van der Waals surface area contributed by atoms with Gasteiger partial charge >= 0.3 is 0 Å². The molecule has 1 fully saturated rings. The summed E-state index contributed by atoms with van der Waals surface area (Å²) < 4.78 is 2.32. The zero-order valence-electron chi connectivity index (χ0n) is 10.7. The van der Waals surface area contributed by atoms with Crippen LogP contribution in [0.3, 0.4) is 0 Å². The van der Waals surface area contributed by atoms with Crippen LogP contribution in [-0.2, 0) is 20.0 Å². The molecule has 3 rings (SSSR count). The highest BCUT2D eigenvalue weighted by Gasteiger charge is 2.30. The molecule has 1 aliphatic rings. The largest absolute Gasteiger partial charge is 0.346 e. The second-order valence-corrected chi connectivity index (χ2v) is 5.06. The van der Waals surface area contributed by atoms with E-state index in [4.69, 9.17) is 5.73 Å². The maximum atomic E-state index is 5.95. The highest BCUT2D eigenvalue weighted by molar-refractivity contribution is 5.89. The summed E-state index contributed by atoms with van der Waals surface area (Å²) in [4.78, 5) is 0. The van der Waals surface area contributed by atoms with E-state index in [2.05, 4.69) is 36.7 Å². The Hall–Kier alpha value is -1.28. The molecule has 2 nitrogen and oxygen atoms in total. The van der Waals surface area contributed by atoms with Crippen LogP contribution in [0.1, 0.15) is 42.5 Å². The van der Waals surface area contributed by atoms with Crippen LogP contribution >= 0.6 is 0 Å². The molecular formula is C15H20N2. The monoisotopic (exact) mass is 228 g/mol. The summed E-state index contributed by atoms with van der Waals surface area (Å²) in [5.74, 6) is 0.768. The van der Waals surface area contributed by atoms with E-state index < -0.39 is 0 Å². The maximum absolute atomic E-state index is 5.95. The average Bonchev–Trinajstić information content (AvgIpc) is 3.14. The van der Waals surface area contributed by atoms with Crippen LogP contribution in [0.4, 0.5) is 0 Å². The third-order valence-corrected chi connectivity index (χ3v) is 4.02. The van der Waals surface area contributed by atoms with Gasteiger partial charge in [-0.2, -0.15) is 0 Å². The Morgan fingerprint density at radius 2 is 2.12 bits per heavy atom. The van der Waals surface area contributed by atoms with Crippen LogP contribution in [0.5, 0.6) is 0 Å². The highest BCUT2D eigenvalue weighted by atomic mass is 15.0. The quantitative estimate of drug-likeness (QED) is 0.860. The molecule has 0 unspecified atom stereocenters. The van der Waals surface area contributed by atoms with Crippen molar-refractivity contribution in [2.75, 3.05) is 0 Å². The van der Waals surface area contributed by atoms with Gasteiger partial charge in [0.15, 0.2) is 0 Å². The molecule has 0 aliphatic heterocycles. The molecule has 1 heterocycles. The Kier molecular flexibility index (Phi) is 2.48. The number of nitrogens with zero attached hydrogens (tertiary/aromatic N) is 1. The van der Waals surface area contributed by atoms with E-state index in [1.165, 1.54) is 40.6 Å². The third kappa shape index (κ3) is 1.51. The lowest BCUT2D eigenvalue weighted by Gasteiger charge is -2.05. The topological polar surface area (TPSA) is 30.9 Å². The van der Waals surface area contributed by atoms with Gasteiger partial charge in [0.2, 0.25) is 0 Å². The summed E-state index contributed by atoms with van der Waals surface area (Å²) in [6, 6.07) is 6.69. The molecule has 0 amide bonds. The van der Waals surface area contributed by atoms with Crippen molar-refractivity contribution >= 4 is 10.9 Å². The number of aryl methyl sites for hydroxylation is 2. The van der Waals surface area contributed by atoms with Gasteiger partial charge in [-0.1, -0.05) is 25.1 Å². The summed E-state index contributed by atoms with van der Waals surface area (Å²) in [6.45, 7) is 2.88. The van der Waals surface area contributed by atoms with Gasteiger partial charge in [0.05, 0.1) is 5.52 Å². The first-order chi connectivity index (χ1) is 8.27. The summed E-state index contributed by atoms with van der Waals surface area (Å²) >= 11 is 0. The predicted molar refractivity (Wildman–Crippen MR) is 72.2 cm³/mol. The Bertz CT molecular complexity index is 562. The number of benzene rings is 1. The fourth-order valence-corrected chi connectivity index (χ4v) is 3.04. The molecule has 0 atom stereocenters. The minimum absolute atomic E-state index is 0.653. The zero-order chi connectivity index (χ0) is 12.0. The lowest BCUT2D eigenvalue weighted by Crippen LogP contribution is -2.05. The Labute approximate surface area is 102 Å². The maximum Gasteiger partial charge on any atom is 0.0515 e. The predicted octanol–water partition coefficient (Wildman–Crippen LogP) is 3.08. The number of aromatic nitrogens is 1. The van der Waals surface area contributed by atoms with Gasteiger partial charge in [0.1, 0.15) is 0 Å². The standard InChI is InChI=1S/C15H20N2/c1-3-10-5-4-6-12-14(11-7-8-11)13(9-16)17(2)15(10)12/h4-6,11H,3,7-9,16H2,1-2H3. The van der Waals surface area contributed by atoms with E-state index in [9.17, 15) is 0 Å². The smallest absolute Gasteiger partial charge is 0.0515 e. The lowest BCUT2D eigenvalue weighted by molar-refractivity contribution is 0.825. The van der Waals surface area contributed by atoms with E-state index in [0.29, 0.717) is 6.54 Å². The summed E-state index contributed by atoms with van der Waals surface area (Å²) in [5.41, 5.74) is 11.7. The van der Waals surface area contributed by atoms with Crippen molar-refractivity contribution in [1.82, 2.24) is 4.57 Å². The molecule has 2 heteroatoms. The van der Waals surface area contributed by atoms with Crippen molar-refractivity contribution < 1.29 is 0 Å². The second kappa shape index (κ2) is 3.88. The molecule has 0 radical (unpaired) electrons. The normalized spacial score (nSPS) is 15.7. The van der Waals surface area contributed by atoms with Crippen molar-refractivity contribution in [3.63, 3.8) is 0 Å². The number of rotatable bonds is 3. The van der Waals surface area contributed by atoms with Gasteiger partial charge in [-0.25, -0.2) is 0 Å². The van der Waals surface area contributed by atoms with E-state index >= 15 is 0 Å². The summed E-state index contributed by atoms with van der Waals surface area (Å²) in [5, 5.41) is 1.44. The average molecular weight is 228 g/mol. The van der Waals surface area contributed by atoms with Crippen LogP contribution < -0.4 is 5.73 Å². The number of hydrogen-bond acceptors (Lipinski definition) is 1. The SMILES string of the molecule is CCc1cccc2c(C3CC3)c(CN)n(C)c12. The molecule has 1 aliphatic carbocycles. The first-order valence-corrected chi connectivity index (χ1v) is 6.57. The van der Waals surface area contributed by atoms with E-state index in [1.54, 1.807) is 0 Å². The molecule has 0 bridgehead atoms. The molecule has 2 N–H and O–H groups in total. The molecule has 2 aromatic rings. The lowest BCUT2D eigenvalue weighted by atomic mass is 10.0. The fourth-order valence-electron chi connectivity index (χ4n) is 3.04. The highest BCUT2D eigenvalue weighted by Crippen LogP contribution is 2.46. The number of para-hydroxylation sites is 1. The van der Waals surface area contributed by atoms with Gasteiger partial charge in [0, 0.05) is 24.7 Å². The van der Waals surface area contributed by atoms with E-state index in [-0.39, 0.29) is 0 Å². The summed E-state index contributed by atoms with van der Waals surface area (Å²) in [7, 11) is 2.16. The first-order valence-electron chi connectivity index (χ1n) is 6.57. The summed E-state index contributed by atoms with van der Waals surface area (Å²) in [6.07, 6.45) is 3.76. The molecule has 1 aromatic heterocycles. The number of hydrogen-bond donors (Lipinski definition) is 1. The van der Waals surface area contributed by atoms with Crippen molar-refractivity contribution in [2.24, 2.45) is 12.8 Å². The van der Waals surface area contributed by atoms with Gasteiger partial charge < -0.3 is 10.3 Å². The van der Waals surface area contributed by atoms with Gasteiger partial charge in [-0.05, 0) is 36.3 Å². The Morgan fingerprint density at radius 1 is 1.35 bits per heavy atom. The van der Waals surface area contributed by atoms with E-state index in [1.807, 2.05) is 0 Å². The molecule has 0 spiro atoms. The number of nitrogens with two attached hydrogens (primary N) is 1. The van der Waals surface area contributed by atoms with Gasteiger partial charge in [0.25, 0.3) is 0 Å². The molecule has 90 valence electrons. The molecule has 17 heavy (non-hydrogen) atoms. The zero-order valence-corrected chi connectivity index (χ0v) is 10.7. The minimum Gasteiger partial charge on any atom is -0.346 e. The fraction of sp³-hybridized carbons (Fsp3) is 0.467. The van der Waals surface area contributed by atoms with Crippen molar-refractivity contribution in [3.8, 4) is 0 Å². The number of fused-ring (bicyclic) bond motifs is 1. The van der Waals surface area contributed by atoms with Crippen LogP contribution in [0.15, 0.2) is 18.2 Å². The van der Waals surface area contributed by atoms with Crippen LogP contribution in [0.2, 0.25) is 0 Å². The van der Waals surface area contributed by atoms with Crippen LogP contribution in [0.25, 0.3) is 10.9 Å². The van der Waals surface area contributed by atoms with Crippen LogP contribution in [-0.4, -0.2) is 4.57 Å². The van der Waals surface area contributed by atoms with E-state index in [0.717, 1.165) is 12.3 Å². The molecule has 1 aromatic carbocycles. The first kappa shape index (κ1) is 10.8. The molecule has 1 saturated carbocycles. The Morgan fingerprint density at radius 3 is 2.71 bits per heavy atom. The molecule has 0 saturated heterocycles. The minimum atomic E-state index is 0.653. The molecular weight excluding hydrogens is 208 g/mol. The second-order valence-electron chi connectivity index (χ2n) is 5.06. The third-order valence-electron chi connectivity index (χ3n) is 4.02. The van der Waals surface area contributed by atoms with Crippen LogP contribution in [0, 0.1) is 0 Å². The van der Waals surface area contributed by atoms with Crippen molar-refractivity contribution in [2.45, 2.75) is 38.6 Å². The van der Waals surface area contributed by atoms with Gasteiger partial charge in [-0.3, -0.25) is 0 Å².